The summed E-state index contributed by atoms with van der Waals surface area (Å²) in [5.41, 5.74) is 1.67. The van der Waals surface area contributed by atoms with Crippen LogP contribution >= 0.6 is 0 Å². The molecule has 0 spiro atoms. The molecule has 2 unspecified atom stereocenters. The molecule has 0 aromatic carbocycles. The highest BCUT2D eigenvalue weighted by Crippen LogP contribution is 2.31. The number of anilines is 2. The minimum atomic E-state index is 0.486. The highest BCUT2D eigenvalue weighted by Gasteiger charge is 2.28. The zero-order valence-electron chi connectivity index (χ0n) is 12.3. The molecule has 1 saturated heterocycles. The maximum absolute atomic E-state index is 4.70. The Balaban J connectivity index is 2.06. The second-order valence-corrected chi connectivity index (χ2v) is 5.56. The molecule has 3 rings (SSSR count). The van der Waals surface area contributed by atoms with Gasteiger partial charge in [0.1, 0.15) is 5.52 Å². The molecule has 20 heavy (non-hydrogen) atoms. The van der Waals surface area contributed by atoms with Gasteiger partial charge in [0.25, 0.3) is 0 Å². The first-order valence-electron chi connectivity index (χ1n) is 7.42. The summed E-state index contributed by atoms with van der Waals surface area (Å²) < 4.78 is 0. The molecule has 6 heteroatoms. The van der Waals surface area contributed by atoms with E-state index in [1.165, 1.54) is 12.8 Å². The summed E-state index contributed by atoms with van der Waals surface area (Å²) in [5, 5.41) is 3.19. The third-order valence-electron chi connectivity index (χ3n) is 4.25. The molecule has 6 nitrogen and oxygen atoms in total. The molecule has 2 aromatic heterocycles. The molecule has 0 radical (unpaired) electrons. The molecule has 1 fully saturated rings. The molecule has 0 amide bonds. The molecule has 0 saturated carbocycles. The van der Waals surface area contributed by atoms with E-state index < -0.39 is 0 Å². The van der Waals surface area contributed by atoms with E-state index >= 15 is 0 Å². The summed E-state index contributed by atoms with van der Waals surface area (Å²) >= 11 is 0. The van der Waals surface area contributed by atoms with Gasteiger partial charge in [-0.15, -0.1) is 0 Å². The van der Waals surface area contributed by atoms with E-state index in [0.717, 1.165) is 30.1 Å². The average molecular weight is 274 g/mol. The molecule has 1 aliphatic heterocycles. The van der Waals surface area contributed by atoms with Crippen LogP contribution in [0.4, 0.5) is 11.8 Å². The van der Waals surface area contributed by atoms with Gasteiger partial charge in [0.2, 0.25) is 5.95 Å². The summed E-state index contributed by atoms with van der Waals surface area (Å²) in [4.78, 5) is 19.0. The Hall–Kier alpha value is -1.85. The van der Waals surface area contributed by atoms with Crippen LogP contribution in [0.2, 0.25) is 0 Å². The van der Waals surface area contributed by atoms with Gasteiger partial charge in [-0.1, -0.05) is 6.92 Å². The van der Waals surface area contributed by atoms with Crippen LogP contribution in [-0.4, -0.2) is 39.1 Å². The smallest absolute Gasteiger partial charge is 0.226 e. The maximum atomic E-state index is 4.70. The van der Waals surface area contributed by atoms with E-state index in [0.29, 0.717) is 17.9 Å². The highest BCUT2D eigenvalue weighted by atomic mass is 15.3. The number of piperidine rings is 1. The van der Waals surface area contributed by atoms with Gasteiger partial charge in [0.15, 0.2) is 11.5 Å². The topological polar surface area (TPSA) is 69.7 Å². The maximum Gasteiger partial charge on any atom is 0.226 e. The average Bonchev–Trinajstić information content (AvgIpc) is 2.90. The summed E-state index contributed by atoms with van der Waals surface area (Å²) in [7, 11) is 0. The second-order valence-electron chi connectivity index (χ2n) is 5.56. The van der Waals surface area contributed by atoms with E-state index in [9.17, 15) is 0 Å². The summed E-state index contributed by atoms with van der Waals surface area (Å²) in [6.45, 7) is 8.49. The van der Waals surface area contributed by atoms with Gasteiger partial charge in [-0.2, -0.15) is 9.97 Å². The fourth-order valence-corrected chi connectivity index (χ4v) is 2.90. The Labute approximate surface area is 119 Å². The molecule has 2 aromatic rings. The van der Waals surface area contributed by atoms with Gasteiger partial charge in [-0.05, 0) is 32.6 Å². The minimum absolute atomic E-state index is 0.486. The van der Waals surface area contributed by atoms with Crippen LogP contribution in [0.15, 0.2) is 6.33 Å². The van der Waals surface area contributed by atoms with Gasteiger partial charge in [-0.3, -0.25) is 0 Å². The number of nitrogens with zero attached hydrogens (tertiary/aromatic N) is 4. The monoisotopic (exact) mass is 274 g/mol. The van der Waals surface area contributed by atoms with Crippen LogP contribution in [0.5, 0.6) is 0 Å². The fourth-order valence-electron chi connectivity index (χ4n) is 2.90. The standard InChI is InChI=1S/C14H22N6/c1-4-15-14-18-12-11(16-8-17-12)13(19-14)20-7-5-6-9(2)10(20)3/h8-10H,4-7H2,1-3H3,(H2,15,16,17,18,19). The zero-order chi connectivity index (χ0) is 14.1. The van der Waals surface area contributed by atoms with Crippen molar-refractivity contribution >= 4 is 22.9 Å². The van der Waals surface area contributed by atoms with Crippen molar-refractivity contribution in [1.29, 1.82) is 0 Å². The van der Waals surface area contributed by atoms with Crippen molar-refractivity contribution in [2.75, 3.05) is 23.3 Å². The molecular formula is C14H22N6. The molecular weight excluding hydrogens is 252 g/mol. The van der Waals surface area contributed by atoms with Crippen molar-refractivity contribution < 1.29 is 0 Å². The molecule has 0 aliphatic carbocycles. The lowest BCUT2D eigenvalue weighted by Crippen LogP contribution is -2.43. The van der Waals surface area contributed by atoms with Crippen LogP contribution in [0.1, 0.15) is 33.6 Å². The molecule has 2 N–H and O–H groups in total. The largest absolute Gasteiger partial charge is 0.354 e. The van der Waals surface area contributed by atoms with E-state index in [1.54, 1.807) is 6.33 Å². The van der Waals surface area contributed by atoms with Gasteiger partial charge < -0.3 is 15.2 Å². The Bertz CT molecular complexity index is 592. The van der Waals surface area contributed by atoms with Crippen molar-refractivity contribution in [2.24, 2.45) is 5.92 Å². The molecule has 3 heterocycles. The Morgan fingerprint density at radius 2 is 2.25 bits per heavy atom. The number of imidazole rings is 1. The van der Waals surface area contributed by atoms with E-state index in [1.807, 2.05) is 6.92 Å². The van der Waals surface area contributed by atoms with E-state index in [4.69, 9.17) is 4.98 Å². The zero-order valence-corrected chi connectivity index (χ0v) is 12.3. The first-order valence-corrected chi connectivity index (χ1v) is 7.42. The van der Waals surface area contributed by atoms with Crippen molar-refractivity contribution in [2.45, 2.75) is 39.7 Å². The fraction of sp³-hybridized carbons (Fsp3) is 0.643. The van der Waals surface area contributed by atoms with E-state index in [-0.39, 0.29) is 0 Å². The lowest BCUT2D eigenvalue weighted by Gasteiger charge is -2.38. The first-order chi connectivity index (χ1) is 9.70. The van der Waals surface area contributed by atoms with Gasteiger partial charge >= 0.3 is 0 Å². The Morgan fingerprint density at radius 3 is 3.05 bits per heavy atom. The summed E-state index contributed by atoms with van der Waals surface area (Å²) in [6, 6.07) is 0.486. The van der Waals surface area contributed by atoms with Crippen LogP contribution in [0.25, 0.3) is 11.2 Å². The lowest BCUT2D eigenvalue weighted by atomic mass is 9.92. The van der Waals surface area contributed by atoms with E-state index in [2.05, 4.69) is 39.0 Å². The highest BCUT2D eigenvalue weighted by molar-refractivity contribution is 5.84. The number of rotatable bonds is 3. The van der Waals surface area contributed by atoms with Gasteiger partial charge in [-0.25, -0.2) is 4.98 Å². The number of hydrogen-bond donors (Lipinski definition) is 2. The van der Waals surface area contributed by atoms with Crippen LogP contribution in [0.3, 0.4) is 0 Å². The molecule has 0 bridgehead atoms. The van der Waals surface area contributed by atoms with Crippen molar-refractivity contribution in [3.63, 3.8) is 0 Å². The minimum Gasteiger partial charge on any atom is -0.354 e. The molecule has 108 valence electrons. The predicted octanol–water partition coefficient (Wildman–Crippen LogP) is 2.41. The first kappa shape index (κ1) is 13.1. The number of H-pyrrole nitrogens is 1. The summed E-state index contributed by atoms with van der Waals surface area (Å²) in [6.07, 6.45) is 4.19. The lowest BCUT2D eigenvalue weighted by molar-refractivity contribution is 0.362. The summed E-state index contributed by atoms with van der Waals surface area (Å²) in [5.74, 6) is 2.31. The SMILES string of the molecule is CCNc1nc(N2CCCC(C)C2C)c2[nH]cnc2n1. The van der Waals surface area contributed by atoms with Crippen LogP contribution in [-0.2, 0) is 0 Å². The number of aromatic nitrogens is 4. The van der Waals surface area contributed by atoms with Crippen molar-refractivity contribution in [3.05, 3.63) is 6.33 Å². The predicted molar refractivity (Wildman–Crippen MR) is 81.1 cm³/mol. The quantitative estimate of drug-likeness (QED) is 0.899. The van der Waals surface area contributed by atoms with Gasteiger partial charge in [0.05, 0.1) is 6.33 Å². The third kappa shape index (κ3) is 2.19. The van der Waals surface area contributed by atoms with Gasteiger partial charge in [0, 0.05) is 19.1 Å². The number of hydrogen-bond acceptors (Lipinski definition) is 5. The number of aromatic amines is 1. The van der Waals surface area contributed by atoms with Crippen molar-refractivity contribution in [3.8, 4) is 0 Å². The van der Waals surface area contributed by atoms with Crippen LogP contribution < -0.4 is 10.2 Å². The second kappa shape index (κ2) is 5.26. The number of fused-ring (bicyclic) bond motifs is 1. The Morgan fingerprint density at radius 1 is 1.40 bits per heavy atom. The Kier molecular flexibility index (Phi) is 3.46. The van der Waals surface area contributed by atoms with Crippen LogP contribution in [0, 0.1) is 5.92 Å². The number of nitrogens with one attached hydrogen (secondary N) is 2. The molecule has 2 atom stereocenters. The van der Waals surface area contributed by atoms with Crippen molar-refractivity contribution in [1.82, 2.24) is 19.9 Å². The normalized spacial score (nSPS) is 23.2. The third-order valence-corrected chi connectivity index (χ3v) is 4.25. The molecule has 1 aliphatic rings.